The monoisotopic (exact) mass is 331 g/mol. The summed E-state index contributed by atoms with van der Waals surface area (Å²) < 4.78 is 5.21. The molecule has 0 aromatic heterocycles. The maximum atomic E-state index is 12.1. The molecule has 1 N–H and O–H groups in total. The van der Waals surface area contributed by atoms with Crippen molar-refractivity contribution in [3.05, 3.63) is 58.1 Å². The SMILES string of the molecule is COc1ccc(CCCC(=O)Nc2cc(Cl)ccc2C)c(C)c1. The Hall–Kier alpha value is -2.00. The summed E-state index contributed by atoms with van der Waals surface area (Å²) in [6.45, 7) is 4.01. The molecule has 4 heteroatoms. The Morgan fingerprint density at radius 1 is 1.13 bits per heavy atom. The van der Waals surface area contributed by atoms with E-state index in [9.17, 15) is 4.79 Å². The lowest BCUT2D eigenvalue weighted by Crippen LogP contribution is -2.12. The summed E-state index contributed by atoms with van der Waals surface area (Å²) in [5.41, 5.74) is 4.23. The van der Waals surface area contributed by atoms with E-state index in [-0.39, 0.29) is 5.91 Å². The third-order valence-corrected chi connectivity index (χ3v) is 4.11. The minimum Gasteiger partial charge on any atom is -0.497 e. The van der Waals surface area contributed by atoms with Gasteiger partial charge in [-0.1, -0.05) is 23.7 Å². The Morgan fingerprint density at radius 2 is 1.91 bits per heavy atom. The number of ether oxygens (including phenoxy) is 1. The van der Waals surface area contributed by atoms with E-state index >= 15 is 0 Å². The summed E-state index contributed by atoms with van der Waals surface area (Å²) in [5.74, 6) is 0.877. The van der Waals surface area contributed by atoms with Gasteiger partial charge in [-0.2, -0.15) is 0 Å². The number of carbonyl (C=O) groups is 1. The molecule has 2 aromatic carbocycles. The molecule has 0 radical (unpaired) electrons. The van der Waals surface area contributed by atoms with Crippen LogP contribution in [0.3, 0.4) is 0 Å². The first kappa shape index (κ1) is 17.4. The minimum absolute atomic E-state index is 0.0153. The predicted octanol–water partition coefficient (Wildman–Crippen LogP) is 4.93. The molecule has 0 aliphatic heterocycles. The molecular formula is C19H22ClNO2. The molecule has 23 heavy (non-hydrogen) atoms. The molecule has 0 aliphatic carbocycles. The summed E-state index contributed by atoms with van der Waals surface area (Å²) in [6.07, 6.45) is 2.16. The third-order valence-electron chi connectivity index (χ3n) is 3.87. The topological polar surface area (TPSA) is 38.3 Å². The second-order valence-electron chi connectivity index (χ2n) is 5.65. The van der Waals surface area contributed by atoms with Gasteiger partial charge in [0.05, 0.1) is 7.11 Å². The number of benzene rings is 2. The highest BCUT2D eigenvalue weighted by Gasteiger charge is 2.07. The first-order valence-corrected chi connectivity index (χ1v) is 8.07. The molecule has 2 rings (SSSR count). The van der Waals surface area contributed by atoms with Gasteiger partial charge in [-0.05, 0) is 67.6 Å². The molecule has 0 unspecified atom stereocenters. The van der Waals surface area contributed by atoms with Crippen LogP contribution in [0.2, 0.25) is 5.02 Å². The number of carbonyl (C=O) groups excluding carboxylic acids is 1. The van der Waals surface area contributed by atoms with Crippen LogP contribution in [0.5, 0.6) is 5.75 Å². The van der Waals surface area contributed by atoms with E-state index in [0.29, 0.717) is 11.4 Å². The Bertz CT molecular complexity index is 698. The van der Waals surface area contributed by atoms with Gasteiger partial charge in [0.2, 0.25) is 5.91 Å². The number of amides is 1. The number of hydrogen-bond donors (Lipinski definition) is 1. The lowest BCUT2D eigenvalue weighted by atomic mass is 10.0. The van der Waals surface area contributed by atoms with Crippen LogP contribution < -0.4 is 10.1 Å². The van der Waals surface area contributed by atoms with E-state index in [1.54, 1.807) is 13.2 Å². The zero-order valence-corrected chi connectivity index (χ0v) is 14.5. The molecule has 0 atom stereocenters. The van der Waals surface area contributed by atoms with E-state index < -0.39 is 0 Å². The Labute approximate surface area is 142 Å². The summed E-state index contributed by atoms with van der Waals surface area (Å²) in [6, 6.07) is 11.5. The summed E-state index contributed by atoms with van der Waals surface area (Å²) in [7, 11) is 1.66. The molecule has 2 aromatic rings. The fourth-order valence-electron chi connectivity index (χ4n) is 2.46. The van der Waals surface area contributed by atoms with Gasteiger partial charge in [0, 0.05) is 17.1 Å². The highest BCUT2D eigenvalue weighted by atomic mass is 35.5. The fraction of sp³-hybridized carbons (Fsp3) is 0.316. The van der Waals surface area contributed by atoms with Gasteiger partial charge in [0.25, 0.3) is 0 Å². The van der Waals surface area contributed by atoms with E-state index in [1.807, 2.05) is 31.2 Å². The number of nitrogens with one attached hydrogen (secondary N) is 1. The van der Waals surface area contributed by atoms with Crippen molar-refractivity contribution < 1.29 is 9.53 Å². The Kier molecular flexibility index (Phi) is 6.05. The number of methoxy groups -OCH3 is 1. The van der Waals surface area contributed by atoms with Crippen molar-refractivity contribution in [1.29, 1.82) is 0 Å². The van der Waals surface area contributed by atoms with E-state index in [4.69, 9.17) is 16.3 Å². The van der Waals surface area contributed by atoms with Crippen molar-refractivity contribution in [2.24, 2.45) is 0 Å². The predicted molar refractivity (Wildman–Crippen MR) is 95.5 cm³/mol. The maximum absolute atomic E-state index is 12.1. The zero-order chi connectivity index (χ0) is 16.8. The van der Waals surface area contributed by atoms with Gasteiger partial charge in [-0.25, -0.2) is 0 Å². The van der Waals surface area contributed by atoms with Crippen LogP contribution >= 0.6 is 11.6 Å². The summed E-state index contributed by atoms with van der Waals surface area (Å²) in [5, 5.41) is 3.55. The molecule has 1 amide bonds. The molecule has 0 bridgehead atoms. The molecule has 3 nitrogen and oxygen atoms in total. The van der Waals surface area contributed by atoms with Crippen molar-refractivity contribution in [3.8, 4) is 5.75 Å². The van der Waals surface area contributed by atoms with Gasteiger partial charge in [0.15, 0.2) is 0 Å². The minimum atomic E-state index is 0.0153. The number of halogens is 1. The highest BCUT2D eigenvalue weighted by Crippen LogP contribution is 2.21. The lowest BCUT2D eigenvalue weighted by Gasteiger charge is -2.10. The maximum Gasteiger partial charge on any atom is 0.224 e. The third kappa shape index (κ3) is 5.00. The smallest absolute Gasteiger partial charge is 0.224 e. The fourth-order valence-corrected chi connectivity index (χ4v) is 2.63. The van der Waals surface area contributed by atoms with E-state index in [1.165, 1.54) is 11.1 Å². The molecule has 0 aliphatic rings. The molecule has 0 fully saturated rings. The van der Waals surface area contributed by atoms with Crippen LogP contribution in [-0.4, -0.2) is 13.0 Å². The standard InChI is InChI=1S/C19H22ClNO2/c1-13-7-9-16(20)12-18(13)21-19(22)6-4-5-15-8-10-17(23-3)11-14(15)2/h7-12H,4-6H2,1-3H3,(H,21,22). The summed E-state index contributed by atoms with van der Waals surface area (Å²) in [4.78, 5) is 12.1. The molecule has 122 valence electrons. The van der Waals surface area contributed by atoms with Crippen molar-refractivity contribution in [2.45, 2.75) is 33.1 Å². The van der Waals surface area contributed by atoms with Crippen LogP contribution in [0, 0.1) is 13.8 Å². The molecule has 0 saturated carbocycles. The number of anilines is 1. The number of hydrogen-bond acceptors (Lipinski definition) is 2. The number of aryl methyl sites for hydroxylation is 3. The van der Waals surface area contributed by atoms with Gasteiger partial charge in [-0.15, -0.1) is 0 Å². The largest absolute Gasteiger partial charge is 0.497 e. The van der Waals surface area contributed by atoms with Gasteiger partial charge in [0.1, 0.15) is 5.75 Å². The highest BCUT2D eigenvalue weighted by molar-refractivity contribution is 6.31. The number of rotatable bonds is 6. The molecule has 0 spiro atoms. The summed E-state index contributed by atoms with van der Waals surface area (Å²) >= 11 is 5.97. The molecular weight excluding hydrogens is 310 g/mol. The molecule has 0 saturated heterocycles. The van der Waals surface area contributed by atoms with Crippen LogP contribution in [-0.2, 0) is 11.2 Å². The van der Waals surface area contributed by atoms with Crippen molar-refractivity contribution in [2.75, 3.05) is 12.4 Å². The van der Waals surface area contributed by atoms with Crippen molar-refractivity contribution in [1.82, 2.24) is 0 Å². The average Bonchev–Trinajstić information content (AvgIpc) is 2.52. The Balaban J connectivity index is 1.86. The van der Waals surface area contributed by atoms with Gasteiger partial charge in [-0.3, -0.25) is 4.79 Å². The second kappa shape index (κ2) is 8.02. The first-order chi connectivity index (χ1) is 11.0. The molecule has 0 heterocycles. The van der Waals surface area contributed by atoms with E-state index in [0.717, 1.165) is 29.8 Å². The lowest BCUT2D eigenvalue weighted by molar-refractivity contribution is -0.116. The van der Waals surface area contributed by atoms with E-state index in [2.05, 4.69) is 18.3 Å². The van der Waals surface area contributed by atoms with Crippen LogP contribution in [0.4, 0.5) is 5.69 Å². The van der Waals surface area contributed by atoms with Crippen LogP contribution in [0.15, 0.2) is 36.4 Å². The van der Waals surface area contributed by atoms with Crippen molar-refractivity contribution in [3.63, 3.8) is 0 Å². The second-order valence-corrected chi connectivity index (χ2v) is 6.09. The van der Waals surface area contributed by atoms with Crippen LogP contribution in [0.1, 0.15) is 29.5 Å². The zero-order valence-electron chi connectivity index (χ0n) is 13.8. The van der Waals surface area contributed by atoms with Crippen molar-refractivity contribution >= 4 is 23.2 Å². The van der Waals surface area contributed by atoms with Crippen LogP contribution in [0.25, 0.3) is 0 Å². The van der Waals surface area contributed by atoms with Gasteiger partial charge >= 0.3 is 0 Å². The average molecular weight is 332 g/mol. The first-order valence-electron chi connectivity index (χ1n) is 7.69. The quantitative estimate of drug-likeness (QED) is 0.815. The Morgan fingerprint density at radius 3 is 2.61 bits per heavy atom. The normalized spacial score (nSPS) is 10.4. The van der Waals surface area contributed by atoms with Gasteiger partial charge < -0.3 is 10.1 Å².